The van der Waals surface area contributed by atoms with Gasteiger partial charge >= 0.3 is 13.3 Å². The third-order valence-electron chi connectivity index (χ3n) is 4.97. The number of ether oxygens (including phenoxy) is 1. The lowest BCUT2D eigenvalue weighted by Crippen LogP contribution is -2.41. The molecule has 0 bridgehead atoms. The summed E-state index contributed by atoms with van der Waals surface area (Å²) in [6, 6.07) is 1.05. The van der Waals surface area contributed by atoms with Crippen LogP contribution in [-0.4, -0.2) is 35.6 Å². The summed E-state index contributed by atoms with van der Waals surface area (Å²) in [6.07, 6.45) is -4.53. The van der Waals surface area contributed by atoms with Gasteiger partial charge in [-0.2, -0.15) is 13.2 Å². The average Bonchev–Trinajstić information content (AvgIpc) is 3.24. The van der Waals surface area contributed by atoms with E-state index in [0.29, 0.717) is 18.3 Å². The molecule has 2 aliphatic rings. The number of hydrogen-bond donors (Lipinski definition) is 0. The summed E-state index contributed by atoms with van der Waals surface area (Å²) in [5.41, 5.74) is -0.939. The number of nitrogens with zero attached hydrogens (tertiary/aromatic N) is 1. The third-order valence-corrected chi connectivity index (χ3v) is 4.97. The zero-order valence-corrected chi connectivity index (χ0v) is 14.5. The highest BCUT2D eigenvalue weighted by Crippen LogP contribution is 2.42. The Balaban J connectivity index is 1.78. The lowest BCUT2D eigenvalue weighted by atomic mass is 9.80. The van der Waals surface area contributed by atoms with E-state index in [1.54, 1.807) is 0 Å². The van der Waals surface area contributed by atoms with Crippen LogP contribution in [0.1, 0.15) is 40.5 Å². The molecule has 1 saturated carbocycles. The first-order chi connectivity index (χ1) is 11.4. The number of alkyl halides is 3. The Morgan fingerprint density at radius 3 is 2.20 bits per heavy atom. The Morgan fingerprint density at radius 1 is 1.20 bits per heavy atom. The first-order valence-corrected chi connectivity index (χ1v) is 8.15. The zero-order chi connectivity index (χ0) is 18.6. The Labute approximate surface area is 144 Å². The molecule has 2 heterocycles. The molecule has 2 fully saturated rings. The van der Waals surface area contributed by atoms with Crippen molar-refractivity contribution in [3.05, 3.63) is 18.1 Å². The van der Waals surface area contributed by atoms with Crippen molar-refractivity contribution in [3.63, 3.8) is 0 Å². The van der Waals surface area contributed by atoms with E-state index >= 15 is 0 Å². The highest BCUT2D eigenvalue weighted by Gasteiger charge is 2.53. The largest absolute Gasteiger partial charge is 0.496 e. The minimum atomic E-state index is -4.56. The van der Waals surface area contributed by atoms with Gasteiger partial charge in [0.1, 0.15) is 0 Å². The molecule has 3 rings (SSSR count). The highest BCUT2D eigenvalue weighted by molar-refractivity contribution is 6.62. The number of pyridine rings is 1. The first kappa shape index (κ1) is 18.4. The van der Waals surface area contributed by atoms with Crippen molar-refractivity contribution in [3.8, 4) is 5.88 Å². The van der Waals surface area contributed by atoms with Gasteiger partial charge in [-0.05, 0) is 46.6 Å². The molecule has 4 nitrogen and oxygen atoms in total. The van der Waals surface area contributed by atoms with Crippen LogP contribution in [0.3, 0.4) is 0 Å². The van der Waals surface area contributed by atoms with Crippen LogP contribution in [0.4, 0.5) is 17.6 Å². The van der Waals surface area contributed by atoms with E-state index in [1.807, 2.05) is 27.7 Å². The van der Waals surface area contributed by atoms with Crippen LogP contribution >= 0.6 is 0 Å². The van der Waals surface area contributed by atoms with Crippen molar-refractivity contribution in [1.29, 1.82) is 0 Å². The summed E-state index contributed by atoms with van der Waals surface area (Å²) >= 11 is 0. The fourth-order valence-electron chi connectivity index (χ4n) is 2.58. The van der Waals surface area contributed by atoms with Crippen LogP contribution in [0.25, 0.3) is 0 Å². The lowest BCUT2D eigenvalue weighted by Gasteiger charge is -2.32. The molecule has 1 atom stereocenters. The van der Waals surface area contributed by atoms with Crippen molar-refractivity contribution in [1.82, 2.24) is 4.98 Å². The monoisotopic (exact) mass is 361 g/mol. The maximum absolute atomic E-state index is 14.3. The molecule has 0 radical (unpaired) electrons. The lowest BCUT2D eigenvalue weighted by molar-refractivity contribution is -0.202. The van der Waals surface area contributed by atoms with Gasteiger partial charge in [0, 0.05) is 17.6 Å². The second-order valence-corrected chi connectivity index (χ2v) is 7.56. The van der Waals surface area contributed by atoms with Gasteiger partial charge in [-0.1, -0.05) is 0 Å². The van der Waals surface area contributed by atoms with Crippen molar-refractivity contribution in [2.75, 3.05) is 0 Å². The van der Waals surface area contributed by atoms with Gasteiger partial charge in [-0.15, -0.1) is 0 Å². The van der Waals surface area contributed by atoms with E-state index in [4.69, 9.17) is 14.0 Å². The maximum atomic E-state index is 14.3. The molecule has 1 aliphatic heterocycles. The summed E-state index contributed by atoms with van der Waals surface area (Å²) in [7, 11) is -0.845. The van der Waals surface area contributed by atoms with Gasteiger partial charge in [-0.25, -0.2) is 9.37 Å². The quantitative estimate of drug-likeness (QED) is 0.610. The first-order valence-electron chi connectivity index (χ1n) is 8.15. The Hall–Kier alpha value is -1.35. The molecule has 0 spiro atoms. The molecular weight excluding hydrogens is 341 g/mol. The van der Waals surface area contributed by atoms with Crippen LogP contribution in [0.2, 0.25) is 0 Å². The molecule has 1 aliphatic carbocycles. The predicted octanol–water partition coefficient (Wildman–Crippen LogP) is 3.24. The molecule has 0 aromatic carbocycles. The van der Waals surface area contributed by atoms with E-state index in [0.717, 1.165) is 6.07 Å². The molecule has 0 amide bonds. The predicted molar refractivity (Wildman–Crippen MR) is 83.1 cm³/mol. The van der Waals surface area contributed by atoms with Crippen LogP contribution < -0.4 is 10.2 Å². The van der Waals surface area contributed by atoms with Gasteiger partial charge in [-0.3, -0.25) is 0 Å². The molecule has 1 saturated heterocycles. The Kier molecular flexibility index (Phi) is 4.31. The van der Waals surface area contributed by atoms with Crippen molar-refractivity contribution < 1.29 is 31.6 Å². The highest BCUT2D eigenvalue weighted by atomic mass is 19.4. The molecule has 1 aromatic rings. The van der Waals surface area contributed by atoms with Gasteiger partial charge in [0.25, 0.3) is 5.88 Å². The van der Waals surface area contributed by atoms with Gasteiger partial charge in [0.15, 0.2) is 11.9 Å². The Bertz CT molecular complexity index is 645. The van der Waals surface area contributed by atoms with E-state index < -0.39 is 48.2 Å². The summed E-state index contributed by atoms with van der Waals surface area (Å²) in [5, 5.41) is 0. The second kappa shape index (κ2) is 5.84. The Morgan fingerprint density at radius 2 is 1.76 bits per heavy atom. The van der Waals surface area contributed by atoms with Crippen LogP contribution in [0, 0.1) is 11.7 Å². The van der Waals surface area contributed by atoms with E-state index in [2.05, 4.69) is 4.98 Å². The van der Waals surface area contributed by atoms with Crippen molar-refractivity contribution >= 4 is 12.6 Å². The standard InChI is InChI=1S/C16H20BF4NO3/c1-14(2)15(3,4)25-17(24-14)10-7-11(18)13(22-8-10)23-12(9-5-6-9)16(19,20)21/h7-9,12H,5-6H2,1-4H3. The molecule has 25 heavy (non-hydrogen) atoms. The fourth-order valence-corrected chi connectivity index (χ4v) is 2.58. The summed E-state index contributed by atoms with van der Waals surface area (Å²) in [5.74, 6) is -2.26. The van der Waals surface area contributed by atoms with E-state index in [1.165, 1.54) is 6.20 Å². The van der Waals surface area contributed by atoms with E-state index in [-0.39, 0.29) is 0 Å². The van der Waals surface area contributed by atoms with Crippen molar-refractivity contribution in [2.45, 2.75) is 64.0 Å². The maximum Gasteiger partial charge on any atom is 0.496 e. The van der Waals surface area contributed by atoms with Gasteiger partial charge < -0.3 is 14.0 Å². The number of rotatable bonds is 4. The normalized spacial score (nSPS) is 23.6. The number of halogens is 4. The average molecular weight is 361 g/mol. The summed E-state index contributed by atoms with van der Waals surface area (Å²) < 4.78 is 69.7. The minimum absolute atomic E-state index is 0.290. The summed E-state index contributed by atoms with van der Waals surface area (Å²) in [6.45, 7) is 7.38. The van der Waals surface area contributed by atoms with Gasteiger partial charge in [0.2, 0.25) is 0 Å². The molecule has 1 unspecified atom stereocenters. The summed E-state index contributed by atoms with van der Waals surface area (Å²) in [4.78, 5) is 3.72. The smallest absolute Gasteiger partial charge is 0.462 e. The molecule has 0 N–H and O–H groups in total. The van der Waals surface area contributed by atoms with Crippen LogP contribution in [0.5, 0.6) is 5.88 Å². The molecule has 1 aromatic heterocycles. The fraction of sp³-hybridized carbons (Fsp3) is 0.688. The second-order valence-electron chi connectivity index (χ2n) is 7.56. The van der Waals surface area contributed by atoms with Crippen LogP contribution in [0.15, 0.2) is 12.3 Å². The zero-order valence-electron chi connectivity index (χ0n) is 14.5. The topological polar surface area (TPSA) is 40.6 Å². The molecule has 138 valence electrons. The number of hydrogen-bond acceptors (Lipinski definition) is 4. The van der Waals surface area contributed by atoms with E-state index in [9.17, 15) is 17.6 Å². The molecule has 9 heteroatoms. The van der Waals surface area contributed by atoms with Crippen LogP contribution in [-0.2, 0) is 9.31 Å². The SMILES string of the molecule is CC1(C)OB(c2cnc(OC(C3CC3)C(F)(F)F)c(F)c2)OC1(C)C. The third kappa shape index (κ3) is 3.62. The number of aromatic nitrogens is 1. The minimum Gasteiger partial charge on any atom is -0.462 e. The molecular formula is C16H20BF4NO3. The van der Waals surface area contributed by atoms with Crippen molar-refractivity contribution in [2.24, 2.45) is 5.92 Å². The van der Waals surface area contributed by atoms with Gasteiger partial charge in [0.05, 0.1) is 11.2 Å².